The summed E-state index contributed by atoms with van der Waals surface area (Å²) in [6.07, 6.45) is 1.84. The standard InChI is InChI=1S/C16H22FN3O/c1-12(2)9-18-10-13-5-4-6-15(17)16(13)21-11-14-7-8-20(3)19-14/h4-8,12,18H,9-11H2,1-3H3. The van der Waals surface area contributed by atoms with E-state index in [1.165, 1.54) is 6.07 Å². The normalized spacial score (nSPS) is 11.1. The smallest absolute Gasteiger partial charge is 0.165 e. The third-order valence-corrected chi connectivity index (χ3v) is 3.05. The van der Waals surface area contributed by atoms with Crippen LogP contribution in [0.4, 0.5) is 4.39 Å². The molecule has 1 heterocycles. The molecule has 1 N–H and O–H groups in total. The van der Waals surface area contributed by atoms with Gasteiger partial charge in [-0.2, -0.15) is 5.10 Å². The number of halogens is 1. The van der Waals surface area contributed by atoms with Gasteiger partial charge >= 0.3 is 0 Å². The Balaban J connectivity index is 2.02. The van der Waals surface area contributed by atoms with Crippen LogP contribution in [0.5, 0.6) is 5.75 Å². The average Bonchev–Trinajstić information content (AvgIpc) is 2.83. The van der Waals surface area contributed by atoms with Crippen LogP contribution in [-0.4, -0.2) is 16.3 Å². The number of nitrogens with one attached hydrogen (secondary N) is 1. The van der Waals surface area contributed by atoms with Gasteiger partial charge in [0, 0.05) is 25.4 Å². The van der Waals surface area contributed by atoms with E-state index in [0.717, 1.165) is 17.8 Å². The molecule has 2 rings (SSSR count). The topological polar surface area (TPSA) is 39.1 Å². The van der Waals surface area contributed by atoms with Gasteiger partial charge in [-0.1, -0.05) is 26.0 Å². The van der Waals surface area contributed by atoms with Crippen molar-refractivity contribution in [1.29, 1.82) is 0 Å². The molecule has 5 heteroatoms. The third-order valence-electron chi connectivity index (χ3n) is 3.05. The molecule has 0 saturated heterocycles. The van der Waals surface area contributed by atoms with Gasteiger partial charge in [0.1, 0.15) is 6.61 Å². The van der Waals surface area contributed by atoms with Crippen molar-refractivity contribution < 1.29 is 9.13 Å². The van der Waals surface area contributed by atoms with Crippen LogP contribution in [0.2, 0.25) is 0 Å². The molecule has 0 saturated carbocycles. The SMILES string of the molecule is CC(C)CNCc1cccc(F)c1OCc1ccn(C)n1. The molecule has 0 aliphatic rings. The van der Waals surface area contributed by atoms with E-state index in [1.54, 1.807) is 10.7 Å². The van der Waals surface area contributed by atoms with Crippen LogP contribution in [0.3, 0.4) is 0 Å². The van der Waals surface area contributed by atoms with Crippen molar-refractivity contribution in [2.45, 2.75) is 27.0 Å². The number of rotatable bonds is 7. The lowest BCUT2D eigenvalue weighted by atomic mass is 10.1. The molecular formula is C16H22FN3O. The van der Waals surface area contributed by atoms with E-state index in [-0.39, 0.29) is 12.4 Å². The number of benzene rings is 1. The van der Waals surface area contributed by atoms with E-state index >= 15 is 0 Å². The van der Waals surface area contributed by atoms with Crippen molar-refractivity contribution in [2.75, 3.05) is 6.54 Å². The Morgan fingerprint density at radius 2 is 2.14 bits per heavy atom. The van der Waals surface area contributed by atoms with E-state index in [1.807, 2.05) is 25.4 Å². The lowest BCUT2D eigenvalue weighted by Crippen LogP contribution is -2.19. The highest BCUT2D eigenvalue weighted by Crippen LogP contribution is 2.23. The lowest BCUT2D eigenvalue weighted by Gasteiger charge is -2.13. The van der Waals surface area contributed by atoms with Crippen molar-refractivity contribution >= 4 is 0 Å². The Kier molecular flexibility index (Phi) is 5.33. The number of aromatic nitrogens is 2. The molecule has 0 atom stereocenters. The van der Waals surface area contributed by atoms with E-state index in [0.29, 0.717) is 18.2 Å². The van der Waals surface area contributed by atoms with Crippen molar-refractivity contribution in [1.82, 2.24) is 15.1 Å². The van der Waals surface area contributed by atoms with Crippen molar-refractivity contribution in [3.63, 3.8) is 0 Å². The van der Waals surface area contributed by atoms with E-state index in [9.17, 15) is 4.39 Å². The van der Waals surface area contributed by atoms with Crippen LogP contribution in [0.25, 0.3) is 0 Å². The summed E-state index contributed by atoms with van der Waals surface area (Å²) in [5.74, 6) is 0.519. The maximum atomic E-state index is 14.0. The van der Waals surface area contributed by atoms with Gasteiger partial charge in [0.25, 0.3) is 0 Å². The molecule has 0 aliphatic heterocycles. The lowest BCUT2D eigenvalue weighted by molar-refractivity contribution is 0.280. The van der Waals surface area contributed by atoms with E-state index < -0.39 is 0 Å². The zero-order chi connectivity index (χ0) is 15.2. The molecule has 0 amide bonds. The Labute approximate surface area is 124 Å². The number of aryl methyl sites for hydroxylation is 1. The molecule has 0 radical (unpaired) electrons. The summed E-state index contributed by atoms with van der Waals surface area (Å²) in [5.41, 5.74) is 1.61. The summed E-state index contributed by atoms with van der Waals surface area (Å²) in [7, 11) is 1.84. The zero-order valence-corrected chi connectivity index (χ0v) is 12.8. The van der Waals surface area contributed by atoms with Crippen molar-refractivity contribution in [3.05, 3.63) is 47.5 Å². The monoisotopic (exact) mass is 291 g/mol. The van der Waals surface area contributed by atoms with E-state index in [2.05, 4.69) is 24.3 Å². The molecule has 1 aromatic heterocycles. The van der Waals surface area contributed by atoms with Gasteiger partial charge in [0.05, 0.1) is 5.69 Å². The molecule has 21 heavy (non-hydrogen) atoms. The highest BCUT2D eigenvalue weighted by Gasteiger charge is 2.11. The first-order valence-corrected chi connectivity index (χ1v) is 7.15. The second-order valence-electron chi connectivity index (χ2n) is 5.52. The second-order valence-corrected chi connectivity index (χ2v) is 5.52. The molecule has 0 spiro atoms. The van der Waals surface area contributed by atoms with Crippen molar-refractivity contribution in [3.8, 4) is 5.75 Å². The predicted octanol–water partition coefficient (Wildman–Crippen LogP) is 2.88. The Morgan fingerprint density at radius 3 is 2.81 bits per heavy atom. The maximum Gasteiger partial charge on any atom is 0.165 e. The number of hydrogen-bond donors (Lipinski definition) is 1. The Bertz CT molecular complexity index is 581. The minimum Gasteiger partial charge on any atom is -0.484 e. The minimum atomic E-state index is -0.338. The third kappa shape index (κ3) is 4.56. The fourth-order valence-corrected chi connectivity index (χ4v) is 2.04. The van der Waals surface area contributed by atoms with Gasteiger partial charge in [-0.15, -0.1) is 0 Å². The summed E-state index contributed by atoms with van der Waals surface area (Å²) < 4.78 is 21.3. The minimum absolute atomic E-state index is 0.263. The molecule has 4 nitrogen and oxygen atoms in total. The van der Waals surface area contributed by atoms with Crippen LogP contribution in [0.1, 0.15) is 25.1 Å². The number of nitrogens with zero attached hydrogens (tertiary/aromatic N) is 2. The number of para-hydroxylation sites is 1. The van der Waals surface area contributed by atoms with Gasteiger partial charge in [-0.05, 0) is 24.6 Å². The molecule has 2 aromatic rings. The largest absolute Gasteiger partial charge is 0.484 e. The molecule has 0 bridgehead atoms. The van der Waals surface area contributed by atoms with Crippen LogP contribution in [0.15, 0.2) is 30.5 Å². The van der Waals surface area contributed by atoms with Crippen LogP contribution in [0, 0.1) is 11.7 Å². The van der Waals surface area contributed by atoms with Crippen LogP contribution >= 0.6 is 0 Å². The summed E-state index contributed by atoms with van der Waals surface area (Å²) in [6, 6.07) is 6.86. The van der Waals surface area contributed by atoms with Gasteiger partial charge in [-0.25, -0.2) is 4.39 Å². The predicted molar refractivity (Wildman–Crippen MR) is 80.5 cm³/mol. The molecule has 114 valence electrons. The zero-order valence-electron chi connectivity index (χ0n) is 12.8. The first-order chi connectivity index (χ1) is 10.1. The molecule has 0 aliphatic carbocycles. The highest BCUT2D eigenvalue weighted by molar-refractivity contribution is 5.35. The highest BCUT2D eigenvalue weighted by atomic mass is 19.1. The molecule has 1 aromatic carbocycles. The Morgan fingerprint density at radius 1 is 1.33 bits per heavy atom. The number of ether oxygens (including phenoxy) is 1. The van der Waals surface area contributed by atoms with Crippen LogP contribution < -0.4 is 10.1 Å². The van der Waals surface area contributed by atoms with Crippen molar-refractivity contribution in [2.24, 2.45) is 13.0 Å². The number of hydrogen-bond acceptors (Lipinski definition) is 3. The second kappa shape index (κ2) is 7.22. The first kappa shape index (κ1) is 15.5. The first-order valence-electron chi connectivity index (χ1n) is 7.15. The van der Waals surface area contributed by atoms with Gasteiger partial charge in [-0.3, -0.25) is 4.68 Å². The molecule has 0 fully saturated rings. The molecular weight excluding hydrogens is 269 g/mol. The maximum absolute atomic E-state index is 14.0. The van der Waals surface area contributed by atoms with Crippen LogP contribution in [-0.2, 0) is 20.2 Å². The van der Waals surface area contributed by atoms with E-state index in [4.69, 9.17) is 4.74 Å². The van der Waals surface area contributed by atoms with Gasteiger partial charge < -0.3 is 10.1 Å². The average molecular weight is 291 g/mol. The molecule has 0 unspecified atom stereocenters. The van der Waals surface area contributed by atoms with Gasteiger partial charge in [0.15, 0.2) is 11.6 Å². The summed E-state index contributed by atoms with van der Waals surface area (Å²) in [4.78, 5) is 0. The summed E-state index contributed by atoms with van der Waals surface area (Å²) in [5, 5.41) is 7.53. The Hall–Kier alpha value is -1.88. The summed E-state index contributed by atoms with van der Waals surface area (Å²) >= 11 is 0. The summed E-state index contributed by atoms with van der Waals surface area (Å²) in [6.45, 7) is 6.01. The van der Waals surface area contributed by atoms with Gasteiger partial charge in [0.2, 0.25) is 0 Å². The fraction of sp³-hybridized carbons (Fsp3) is 0.438. The quantitative estimate of drug-likeness (QED) is 0.852. The fourth-order valence-electron chi connectivity index (χ4n) is 2.04.